The van der Waals surface area contributed by atoms with Crippen LogP contribution in [0.5, 0.6) is 0 Å². The van der Waals surface area contributed by atoms with Crippen LogP contribution in [0.15, 0.2) is 113 Å². The molecule has 0 radical (unpaired) electrons. The molecule has 0 saturated carbocycles. The molecule has 1 atom stereocenters. The van der Waals surface area contributed by atoms with Gasteiger partial charge in [-0.2, -0.15) is 97.0 Å². The predicted octanol–water partition coefficient (Wildman–Crippen LogP) is 10.4. The van der Waals surface area contributed by atoms with E-state index in [1.54, 1.807) is 22.3 Å². The summed E-state index contributed by atoms with van der Waals surface area (Å²) >= 11 is 0. The van der Waals surface area contributed by atoms with E-state index in [4.69, 9.17) is 0 Å². The topological polar surface area (TPSA) is 0 Å². The molecule has 0 N–H and O–H groups in total. The van der Waals surface area contributed by atoms with Crippen LogP contribution in [0.4, 0.5) is 0 Å². The fraction of sp³-hybridized carbons (Fsp3) is 0.278. The quantitative estimate of drug-likeness (QED) is 0.236. The van der Waals surface area contributed by atoms with E-state index in [1.807, 2.05) is 91.0 Å². The molecule has 0 saturated heterocycles. The zero-order chi connectivity index (χ0) is 26.2. The van der Waals surface area contributed by atoms with E-state index < -0.39 is 0 Å². The summed E-state index contributed by atoms with van der Waals surface area (Å²) in [4.78, 5) is 0. The van der Waals surface area contributed by atoms with Gasteiger partial charge >= 0.3 is 21.7 Å². The molecule has 0 fully saturated rings. The molecule has 1 heteroatoms. The number of rotatable bonds is 3. The van der Waals surface area contributed by atoms with E-state index in [0.717, 1.165) is 22.6 Å². The maximum Gasteiger partial charge on any atom is 4.00 e. The minimum absolute atomic E-state index is 0. The van der Waals surface area contributed by atoms with E-state index >= 15 is 0 Å². The van der Waals surface area contributed by atoms with Crippen molar-refractivity contribution in [2.45, 2.75) is 59.3 Å². The third-order valence-corrected chi connectivity index (χ3v) is 6.57. The molecule has 0 nitrogen and oxygen atoms in total. The number of allylic oxidation sites excluding steroid dienone is 4. The molecule has 3 aromatic rings. The zero-order valence-corrected chi connectivity index (χ0v) is 24.7. The van der Waals surface area contributed by atoms with Gasteiger partial charge < -0.3 is 0 Å². The van der Waals surface area contributed by atoms with Gasteiger partial charge in [0.1, 0.15) is 0 Å². The Labute approximate surface area is 243 Å². The second-order valence-corrected chi connectivity index (χ2v) is 9.16. The summed E-state index contributed by atoms with van der Waals surface area (Å²) in [7, 11) is 0. The van der Waals surface area contributed by atoms with Gasteiger partial charge in [0.25, 0.3) is 0 Å². The normalized spacial score (nSPS) is 15.3. The molecule has 0 spiro atoms. The molecule has 0 bridgehead atoms. The Kier molecular flexibility index (Phi) is 16.2. The van der Waals surface area contributed by atoms with E-state index in [2.05, 4.69) is 48.0 Å². The van der Waals surface area contributed by atoms with Crippen molar-refractivity contribution in [1.29, 1.82) is 0 Å². The van der Waals surface area contributed by atoms with Crippen LogP contribution in [-0.4, -0.2) is 0 Å². The summed E-state index contributed by atoms with van der Waals surface area (Å²) in [5.74, 6) is 0.802. The van der Waals surface area contributed by atoms with Crippen molar-refractivity contribution in [3.63, 3.8) is 0 Å². The molecule has 2 aliphatic carbocycles. The molecular weight excluding hydrogens is 480 g/mol. The van der Waals surface area contributed by atoms with Crippen molar-refractivity contribution in [2.24, 2.45) is 5.92 Å². The minimum Gasteiger partial charge on any atom is -0.199 e. The molecule has 3 aromatic carbocycles. The summed E-state index contributed by atoms with van der Waals surface area (Å²) in [6, 6.07) is 29.6. The molecule has 5 rings (SSSR count). The van der Waals surface area contributed by atoms with Crippen LogP contribution in [0, 0.1) is 33.1 Å². The van der Waals surface area contributed by atoms with E-state index in [-0.39, 0.29) is 21.7 Å². The van der Waals surface area contributed by atoms with Gasteiger partial charge in [-0.1, -0.05) is 77.0 Å². The van der Waals surface area contributed by atoms with Gasteiger partial charge in [0, 0.05) is 0 Å². The van der Waals surface area contributed by atoms with Gasteiger partial charge in [0.05, 0.1) is 0 Å². The fourth-order valence-corrected chi connectivity index (χ4v) is 4.88. The van der Waals surface area contributed by atoms with Crippen molar-refractivity contribution in [3.05, 3.63) is 157 Å². The minimum atomic E-state index is 0. The molecular formula is C36H44Ti. The molecule has 0 amide bonds. The fourth-order valence-electron chi connectivity index (χ4n) is 4.88. The van der Waals surface area contributed by atoms with Crippen LogP contribution in [0.3, 0.4) is 0 Å². The Hall–Kier alpha value is -2.67. The van der Waals surface area contributed by atoms with E-state index in [0.29, 0.717) is 0 Å². The first-order chi connectivity index (χ1) is 17.5. The van der Waals surface area contributed by atoms with Gasteiger partial charge in [-0.25, -0.2) is 0 Å². The summed E-state index contributed by atoms with van der Waals surface area (Å²) in [5, 5.41) is 0. The first kappa shape index (κ1) is 32.4. The molecule has 37 heavy (non-hydrogen) atoms. The maximum absolute atomic E-state index is 3.72. The summed E-state index contributed by atoms with van der Waals surface area (Å²) < 4.78 is 0. The van der Waals surface area contributed by atoms with Crippen molar-refractivity contribution in [1.82, 2.24) is 0 Å². The van der Waals surface area contributed by atoms with Gasteiger partial charge in [-0.05, 0) is 6.42 Å². The number of benzene rings is 3. The summed E-state index contributed by atoms with van der Waals surface area (Å²) in [5.41, 5.74) is 10.1. The van der Waals surface area contributed by atoms with Crippen LogP contribution in [-0.2, 0) is 21.7 Å². The van der Waals surface area contributed by atoms with Crippen LogP contribution < -0.4 is 0 Å². The van der Waals surface area contributed by atoms with Crippen molar-refractivity contribution in [2.75, 3.05) is 0 Å². The average molecular weight is 525 g/mol. The summed E-state index contributed by atoms with van der Waals surface area (Å²) in [6.45, 7) is 18.1. The first-order valence-electron chi connectivity index (χ1n) is 13.4. The molecule has 0 heterocycles. The Bertz CT molecular complexity index is 944. The molecule has 0 aliphatic heterocycles. The third-order valence-electron chi connectivity index (χ3n) is 6.57. The first-order valence-corrected chi connectivity index (χ1v) is 13.4. The van der Waals surface area contributed by atoms with Crippen molar-refractivity contribution >= 4 is 0 Å². The Morgan fingerprint density at radius 3 is 1.41 bits per heavy atom. The van der Waals surface area contributed by atoms with Crippen LogP contribution in [0.25, 0.3) is 0 Å². The van der Waals surface area contributed by atoms with E-state index in [1.165, 1.54) is 38.5 Å². The van der Waals surface area contributed by atoms with Crippen LogP contribution >= 0.6 is 0 Å². The SMILES string of the molecule is CCC1=C(CC)C(CC)C2=C1[CH-]CCC2.[CH2-]c1ccccc1.[CH2-]c1ccccc1.[CH2-]c1ccccc1.[Ti+4]. The Morgan fingerprint density at radius 2 is 1.11 bits per heavy atom. The van der Waals surface area contributed by atoms with Crippen molar-refractivity contribution < 1.29 is 21.7 Å². The van der Waals surface area contributed by atoms with Crippen LogP contribution in [0.2, 0.25) is 0 Å². The molecule has 192 valence electrons. The van der Waals surface area contributed by atoms with Gasteiger partial charge in [0.15, 0.2) is 0 Å². The number of hydrogen-bond acceptors (Lipinski definition) is 0. The van der Waals surface area contributed by atoms with Gasteiger partial charge in [0.2, 0.25) is 0 Å². The largest absolute Gasteiger partial charge is 4.00 e. The van der Waals surface area contributed by atoms with Gasteiger partial charge in [-0.3, -0.25) is 0 Å². The second kappa shape index (κ2) is 18.6. The smallest absolute Gasteiger partial charge is 0.199 e. The summed E-state index contributed by atoms with van der Waals surface area (Å²) in [6.07, 6.45) is 10.3. The Balaban J connectivity index is 0.000000264. The molecule has 2 aliphatic rings. The Morgan fingerprint density at radius 1 is 0.676 bits per heavy atom. The number of hydrogen-bond donors (Lipinski definition) is 0. The van der Waals surface area contributed by atoms with Gasteiger partial charge in [-0.15, -0.1) is 42.0 Å². The predicted molar refractivity (Wildman–Crippen MR) is 159 cm³/mol. The maximum atomic E-state index is 3.72. The standard InChI is InChI=1S/C15H23.3C7H7.Ti/c1-4-11-12(5-2)14-9-7-8-10-15(14)13(11)6-3;3*1-7-5-3-2-4-6-7;/h9,13H,4-8,10H2,1-3H3;3*2-6H,1H2;/q4*-1;+4. The van der Waals surface area contributed by atoms with Crippen LogP contribution in [0.1, 0.15) is 76.0 Å². The zero-order valence-electron chi connectivity index (χ0n) is 23.2. The second-order valence-electron chi connectivity index (χ2n) is 9.16. The average Bonchev–Trinajstić information content (AvgIpc) is 3.24. The molecule has 0 aromatic heterocycles. The van der Waals surface area contributed by atoms with E-state index in [9.17, 15) is 0 Å². The van der Waals surface area contributed by atoms with Crippen molar-refractivity contribution in [3.8, 4) is 0 Å². The molecule has 1 unspecified atom stereocenters. The monoisotopic (exact) mass is 524 g/mol. The third kappa shape index (κ3) is 11.1.